The van der Waals surface area contributed by atoms with Gasteiger partial charge in [-0.05, 0) is 25.5 Å². The second-order valence-corrected chi connectivity index (χ2v) is 4.02. The van der Waals surface area contributed by atoms with Gasteiger partial charge in [0.25, 0.3) is 0 Å². The van der Waals surface area contributed by atoms with E-state index in [0.717, 1.165) is 23.4 Å². The highest BCUT2D eigenvalue weighted by atomic mass is 35.5. The highest BCUT2D eigenvalue weighted by Gasteiger charge is 2.09. The summed E-state index contributed by atoms with van der Waals surface area (Å²) >= 11 is 5.61. The van der Waals surface area contributed by atoms with Crippen molar-refractivity contribution in [2.45, 2.75) is 19.9 Å². The van der Waals surface area contributed by atoms with E-state index in [1.54, 1.807) is 12.6 Å². The summed E-state index contributed by atoms with van der Waals surface area (Å²) in [4.78, 5) is 0. The van der Waals surface area contributed by atoms with Crippen LogP contribution in [0.4, 0.5) is 0 Å². The summed E-state index contributed by atoms with van der Waals surface area (Å²) in [7, 11) is 1.69. The summed E-state index contributed by atoms with van der Waals surface area (Å²) in [6, 6.07) is 8.26. The van der Waals surface area contributed by atoms with Gasteiger partial charge in [-0.15, -0.1) is 0 Å². The minimum Gasteiger partial charge on any atom is -0.496 e. The van der Waals surface area contributed by atoms with Gasteiger partial charge in [-0.25, -0.2) is 0 Å². The highest BCUT2D eigenvalue weighted by Crippen LogP contribution is 2.24. The highest BCUT2D eigenvalue weighted by molar-refractivity contribution is 6.25. The predicted octanol–water partition coefficient (Wildman–Crippen LogP) is 3.49. The molecule has 0 fully saturated rings. The molecule has 0 radical (unpaired) electrons. The second kappa shape index (κ2) is 6.56. The summed E-state index contributed by atoms with van der Waals surface area (Å²) in [6.45, 7) is 4.89. The molecule has 1 rings (SSSR count). The topological polar surface area (TPSA) is 21.3 Å². The quantitative estimate of drug-likeness (QED) is 0.850. The number of nitrogens with one attached hydrogen (secondary N) is 1. The van der Waals surface area contributed by atoms with Gasteiger partial charge in [-0.2, -0.15) is 0 Å². The molecule has 1 atom stereocenters. The monoisotopic (exact) mass is 239 g/mol. The lowest BCUT2D eigenvalue weighted by molar-refractivity contribution is 0.402. The fourth-order valence-corrected chi connectivity index (χ4v) is 1.56. The van der Waals surface area contributed by atoms with Crippen LogP contribution in [0.15, 0.2) is 35.4 Å². The Hall–Kier alpha value is -0.990. The number of halogens is 1. The first-order valence-electron chi connectivity index (χ1n) is 5.31. The van der Waals surface area contributed by atoms with E-state index in [0.29, 0.717) is 0 Å². The van der Waals surface area contributed by atoms with E-state index in [1.807, 2.05) is 25.1 Å². The summed E-state index contributed by atoms with van der Waals surface area (Å²) < 4.78 is 5.32. The molecule has 0 aliphatic rings. The minimum atomic E-state index is 0.239. The maximum atomic E-state index is 5.61. The van der Waals surface area contributed by atoms with Gasteiger partial charge in [0.2, 0.25) is 0 Å². The lowest BCUT2D eigenvalue weighted by Gasteiger charge is -2.17. The summed E-state index contributed by atoms with van der Waals surface area (Å²) in [5.41, 5.74) is 3.87. The van der Waals surface area contributed by atoms with Crippen molar-refractivity contribution in [2.24, 2.45) is 0 Å². The van der Waals surface area contributed by atoms with Crippen molar-refractivity contribution in [1.82, 2.24) is 5.32 Å². The van der Waals surface area contributed by atoms with Gasteiger partial charge in [0.15, 0.2) is 0 Å². The molecule has 1 aromatic rings. The standard InChI is InChI=1S/C13H18ClNO/c1-10(8-14)9-15-11(2)12-6-4-5-7-13(12)16-3/h4-8,11,15H,9H2,1-3H3/b10-8+/t11-/m0/s1. The van der Waals surface area contributed by atoms with E-state index in [4.69, 9.17) is 16.3 Å². The molecule has 0 aliphatic heterocycles. The Morgan fingerprint density at radius 3 is 2.81 bits per heavy atom. The molecule has 1 aromatic carbocycles. The summed E-state index contributed by atoms with van der Waals surface area (Å²) in [6.07, 6.45) is 0. The fraction of sp³-hybridized carbons (Fsp3) is 0.385. The van der Waals surface area contributed by atoms with Crippen LogP contribution in [0.5, 0.6) is 5.75 Å². The van der Waals surface area contributed by atoms with E-state index in [1.165, 1.54) is 0 Å². The van der Waals surface area contributed by atoms with Crippen LogP contribution in [0.25, 0.3) is 0 Å². The lowest BCUT2D eigenvalue weighted by Crippen LogP contribution is -2.20. The third-order valence-corrected chi connectivity index (χ3v) is 2.85. The molecule has 3 heteroatoms. The molecule has 0 aliphatic carbocycles. The van der Waals surface area contributed by atoms with E-state index in [2.05, 4.69) is 18.3 Å². The molecule has 0 saturated heterocycles. The van der Waals surface area contributed by atoms with Crippen LogP contribution in [0.3, 0.4) is 0 Å². The third kappa shape index (κ3) is 3.54. The molecule has 0 spiro atoms. The van der Waals surface area contributed by atoms with Crippen LogP contribution in [-0.2, 0) is 0 Å². The SMILES string of the molecule is COc1ccccc1[C@H](C)NC/C(C)=C/Cl. The molecule has 0 aromatic heterocycles. The van der Waals surface area contributed by atoms with Crippen molar-refractivity contribution >= 4 is 11.6 Å². The van der Waals surface area contributed by atoms with E-state index < -0.39 is 0 Å². The van der Waals surface area contributed by atoms with Crippen LogP contribution < -0.4 is 10.1 Å². The van der Waals surface area contributed by atoms with Crippen molar-refractivity contribution in [2.75, 3.05) is 13.7 Å². The predicted molar refractivity (Wildman–Crippen MR) is 69.0 cm³/mol. The zero-order valence-electron chi connectivity index (χ0n) is 9.96. The fourth-order valence-electron chi connectivity index (χ4n) is 1.49. The van der Waals surface area contributed by atoms with Gasteiger partial charge < -0.3 is 10.1 Å². The summed E-state index contributed by atoms with van der Waals surface area (Å²) in [5.74, 6) is 0.912. The van der Waals surface area contributed by atoms with Crippen molar-refractivity contribution in [1.29, 1.82) is 0 Å². The largest absolute Gasteiger partial charge is 0.496 e. The second-order valence-electron chi connectivity index (χ2n) is 3.80. The Labute approximate surface area is 102 Å². The molecule has 16 heavy (non-hydrogen) atoms. The van der Waals surface area contributed by atoms with Crippen molar-refractivity contribution in [3.63, 3.8) is 0 Å². The first-order valence-corrected chi connectivity index (χ1v) is 5.74. The zero-order chi connectivity index (χ0) is 12.0. The summed E-state index contributed by atoms with van der Waals surface area (Å²) in [5, 5.41) is 3.39. The van der Waals surface area contributed by atoms with Gasteiger partial charge in [0.1, 0.15) is 5.75 Å². The van der Waals surface area contributed by atoms with Crippen molar-refractivity contribution in [3.05, 3.63) is 40.9 Å². The molecular formula is C13H18ClNO. The van der Waals surface area contributed by atoms with Crippen molar-refractivity contribution < 1.29 is 4.74 Å². The van der Waals surface area contributed by atoms with Gasteiger partial charge >= 0.3 is 0 Å². The number of benzene rings is 1. The average Bonchev–Trinajstić information content (AvgIpc) is 2.35. The van der Waals surface area contributed by atoms with E-state index in [9.17, 15) is 0 Å². The first-order chi connectivity index (χ1) is 7.69. The zero-order valence-corrected chi connectivity index (χ0v) is 10.7. The number of hydrogen-bond acceptors (Lipinski definition) is 2. The first kappa shape index (κ1) is 13.1. The number of rotatable bonds is 5. The Morgan fingerprint density at radius 1 is 1.50 bits per heavy atom. The van der Waals surface area contributed by atoms with Crippen molar-refractivity contribution in [3.8, 4) is 5.75 Å². The maximum Gasteiger partial charge on any atom is 0.123 e. The van der Waals surface area contributed by atoms with Gasteiger partial charge in [0.05, 0.1) is 7.11 Å². The van der Waals surface area contributed by atoms with Gasteiger partial charge in [-0.3, -0.25) is 0 Å². The molecule has 0 bridgehead atoms. The van der Waals surface area contributed by atoms with Gasteiger partial charge in [0, 0.05) is 23.7 Å². The molecule has 0 saturated carbocycles. The Bertz CT molecular complexity index is 363. The maximum absolute atomic E-state index is 5.61. The number of ether oxygens (including phenoxy) is 1. The van der Waals surface area contributed by atoms with Crippen LogP contribution in [0.1, 0.15) is 25.5 Å². The molecular weight excluding hydrogens is 222 g/mol. The number of methoxy groups -OCH3 is 1. The Morgan fingerprint density at radius 2 is 2.19 bits per heavy atom. The van der Waals surface area contributed by atoms with Crippen LogP contribution >= 0.6 is 11.6 Å². The average molecular weight is 240 g/mol. The molecule has 1 N–H and O–H groups in total. The van der Waals surface area contributed by atoms with E-state index in [-0.39, 0.29) is 6.04 Å². The molecule has 0 unspecified atom stereocenters. The van der Waals surface area contributed by atoms with Crippen LogP contribution in [0, 0.1) is 0 Å². The minimum absolute atomic E-state index is 0.239. The van der Waals surface area contributed by atoms with Crippen LogP contribution in [0.2, 0.25) is 0 Å². The lowest BCUT2D eigenvalue weighted by atomic mass is 10.1. The Balaban J connectivity index is 2.68. The molecule has 2 nitrogen and oxygen atoms in total. The number of para-hydroxylation sites is 1. The molecule has 0 heterocycles. The molecule has 0 amide bonds. The van der Waals surface area contributed by atoms with E-state index >= 15 is 0 Å². The van der Waals surface area contributed by atoms with Crippen LogP contribution in [-0.4, -0.2) is 13.7 Å². The molecule has 88 valence electrons. The number of hydrogen-bond donors (Lipinski definition) is 1. The third-order valence-electron chi connectivity index (χ3n) is 2.48. The normalized spacial score (nSPS) is 13.6. The smallest absolute Gasteiger partial charge is 0.123 e. The Kier molecular flexibility index (Phi) is 5.36. The van der Waals surface area contributed by atoms with Gasteiger partial charge in [-0.1, -0.05) is 29.8 Å².